The molecule has 0 unspecified atom stereocenters. The number of urea groups is 1. The average Bonchev–Trinajstić information content (AvgIpc) is 1.84. The van der Waals surface area contributed by atoms with Crippen molar-refractivity contribution in [2.45, 2.75) is 0 Å². The van der Waals surface area contributed by atoms with Gasteiger partial charge in [0.1, 0.15) is 0 Å². The first kappa shape index (κ1) is 7.70. The zero-order valence-electron chi connectivity index (χ0n) is 4.79. The van der Waals surface area contributed by atoms with E-state index in [2.05, 4.69) is 5.84 Å². The Morgan fingerprint density at radius 2 is 2.11 bits per heavy atom. The molecule has 0 bridgehead atoms. The van der Waals surface area contributed by atoms with E-state index < -0.39 is 12.1 Å². The standard InChI is InChI=1S/C3H7N3O3/c1-6(3(8)9)2(7)5-4/h4H2,1H3,(H,5,7)(H,8,9). The maximum absolute atomic E-state index is 10.3. The van der Waals surface area contributed by atoms with Crippen LogP contribution in [0.3, 0.4) is 0 Å². The molecule has 0 aliphatic heterocycles. The summed E-state index contributed by atoms with van der Waals surface area (Å²) in [6, 6.07) is -0.859. The number of carboxylic acid groups (broad SMARTS) is 1. The maximum atomic E-state index is 10.3. The van der Waals surface area contributed by atoms with E-state index in [1.54, 1.807) is 5.43 Å². The SMILES string of the molecule is CN(C(=O)O)C(=O)NN. The molecule has 0 aromatic rings. The molecule has 0 fully saturated rings. The average molecular weight is 133 g/mol. The van der Waals surface area contributed by atoms with Gasteiger partial charge in [-0.1, -0.05) is 0 Å². The van der Waals surface area contributed by atoms with Crippen molar-refractivity contribution in [3.8, 4) is 0 Å². The lowest BCUT2D eigenvalue weighted by Gasteiger charge is -2.07. The summed E-state index contributed by atoms with van der Waals surface area (Å²) in [6.07, 6.45) is -1.35. The number of carbonyl (C=O) groups excluding carboxylic acids is 1. The smallest absolute Gasteiger partial charge is 0.415 e. The van der Waals surface area contributed by atoms with Crippen LogP contribution in [0.2, 0.25) is 0 Å². The third kappa shape index (κ3) is 1.96. The molecule has 4 N–H and O–H groups in total. The van der Waals surface area contributed by atoms with Gasteiger partial charge >= 0.3 is 12.1 Å². The molecule has 9 heavy (non-hydrogen) atoms. The minimum Gasteiger partial charge on any atom is -0.465 e. The van der Waals surface area contributed by atoms with E-state index in [0.29, 0.717) is 4.90 Å². The lowest BCUT2D eigenvalue weighted by Crippen LogP contribution is -2.43. The molecule has 0 radical (unpaired) electrons. The Morgan fingerprint density at radius 1 is 1.67 bits per heavy atom. The summed E-state index contributed by atoms with van der Waals surface area (Å²) < 4.78 is 0. The predicted octanol–water partition coefficient (Wildman–Crippen LogP) is -0.820. The van der Waals surface area contributed by atoms with Crippen LogP contribution in [0.4, 0.5) is 9.59 Å². The fourth-order valence-electron chi connectivity index (χ4n) is 0.184. The van der Waals surface area contributed by atoms with Crippen LogP contribution in [0, 0.1) is 0 Å². The van der Waals surface area contributed by atoms with Crippen molar-refractivity contribution in [3.63, 3.8) is 0 Å². The van der Waals surface area contributed by atoms with E-state index in [1.807, 2.05) is 0 Å². The molecule has 0 aromatic carbocycles. The number of nitrogens with one attached hydrogen (secondary N) is 1. The van der Waals surface area contributed by atoms with Crippen molar-refractivity contribution >= 4 is 12.1 Å². The molecule has 0 aliphatic carbocycles. The predicted molar refractivity (Wildman–Crippen MR) is 28.5 cm³/mol. The zero-order chi connectivity index (χ0) is 7.44. The van der Waals surface area contributed by atoms with E-state index in [0.717, 1.165) is 7.05 Å². The van der Waals surface area contributed by atoms with Crippen molar-refractivity contribution in [2.24, 2.45) is 5.84 Å². The van der Waals surface area contributed by atoms with Crippen molar-refractivity contribution in [1.29, 1.82) is 0 Å². The highest BCUT2D eigenvalue weighted by atomic mass is 16.4. The monoisotopic (exact) mass is 133 g/mol. The van der Waals surface area contributed by atoms with Crippen LogP contribution < -0.4 is 11.3 Å². The van der Waals surface area contributed by atoms with Gasteiger partial charge in [0.15, 0.2) is 0 Å². The fraction of sp³-hybridized carbons (Fsp3) is 0.333. The molecule has 0 atom stereocenters. The molecule has 6 nitrogen and oxygen atoms in total. The summed E-state index contributed by atoms with van der Waals surface area (Å²) in [5, 5.41) is 8.09. The second-order valence-corrected chi connectivity index (χ2v) is 1.29. The summed E-state index contributed by atoms with van der Waals surface area (Å²) in [7, 11) is 1.09. The minimum absolute atomic E-state index is 0.431. The van der Waals surface area contributed by atoms with Crippen LogP contribution in [0.15, 0.2) is 0 Å². The Morgan fingerprint density at radius 3 is 2.22 bits per heavy atom. The van der Waals surface area contributed by atoms with Gasteiger partial charge in [0, 0.05) is 7.05 Å². The van der Waals surface area contributed by atoms with Crippen LogP contribution in [-0.4, -0.2) is 29.2 Å². The van der Waals surface area contributed by atoms with Gasteiger partial charge in [0.25, 0.3) is 0 Å². The highest BCUT2D eigenvalue weighted by Gasteiger charge is 2.12. The lowest BCUT2D eigenvalue weighted by atomic mass is 10.8. The van der Waals surface area contributed by atoms with E-state index in [1.165, 1.54) is 0 Å². The molecular weight excluding hydrogens is 126 g/mol. The number of imide groups is 1. The summed E-state index contributed by atoms with van der Waals surface area (Å²) >= 11 is 0. The van der Waals surface area contributed by atoms with E-state index in [4.69, 9.17) is 5.11 Å². The van der Waals surface area contributed by atoms with E-state index >= 15 is 0 Å². The Balaban J connectivity index is 3.88. The van der Waals surface area contributed by atoms with Crippen molar-refractivity contribution in [2.75, 3.05) is 7.05 Å². The van der Waals surface area contributed by atoms with Crippen LogP contribution >= 0.6 is 0 Å². The highest BCUT2D eigenvalue weighted by molar-refractivity contribution is 5.89. The van der Waals surface area contributed by atoms with Gasteiger partial charge in [0.2, 0.25) is 0 Å². The van der Waals surface area contributed by atoms with Gasteiger partial charge in [-0.25, -0.2) is 20.3 Å². The van der Waals surface area contributed by atoms with Crippen LogP contribution in [0.25, 0.3) is 0 Å². The Hall–Kier alpha value is -1.30. The highest BCUT2D eigenvalue weighted by Crippen LogP contribution is 1.81. The maximum Gasteiger partial charge on any atom is 0.415 e. The summed E-state index contributed by atoms with van der Waals surface area (Å²) in [5.41, 5.74) is 1.65. The summed E-state index contributed by atoms with van der Waals surface area (Å²) in [5.74, 6) is 4.61. The number of hydrogen-bond acceptors (Lipinski definition) is 3. The summed E-state index contributed by atoms with van der Waals surface area (Å²) in [4.78, 5) is 20.6. The number of rotatable bonds is 0. The van der Waals surface area contributed by atoms with Gasteiger partial charge in [0.05, 0.1) is 0 Å². The molecule has 0 rings (SSSR count). The molecule has 0 aromatic heterocycles. The first-order chi connectivity index (χ1) is 4.09. The van der Waals surface area contributed by atoms with Gasteiger partial charge in [-0.3, -0.25) is 5.43 Å². The quantitative estimate of drug-likeness (QED) is 0.228. The minimum atomic E-state index is -1.35. The largest absolute Gasteiger partial charge is 0.465 e. The Bertz CT molecular complexity index is 134. The molecule has 0 saturated heterocycles. The molecule has 0 spiro atoms. The Labute approximate surface area is 51.2 Å². The van der Waals surface area contributed by atoms with Gasteiger partial charge in [-0.05, 0) is 0 Å². The second kappa shape index (κ2) is 2.88. The van der Waals surface area contributed by atoms with Crippen molar-refractivity contribution in [3.05, 3.63) is 0 Å². The van der Waals surface area contributed by atoms with E-state index in [-0.39, 0.29) is 0 Å². The topological polar surface area (TPSA) is 95.7 Å². The van der Waals surface area contributed by atoms with Crippen molar-refractivity contribution in [1.82, 2.24) is 10.3 Å². The van der Waals surface area contributed by atoms with Gasteiger partial charge in [-0.2, -0.15) is 0 Å². The third-order valence-corrected chi connectivity index (χ3v) is 0.715. The van der Waals surface area contributed by atoms with Crippen LogP contribution in [-0.2, 0) is 0 Å². The van der Waals surface area contributed by atoms with Gasteiger partial charge < -0.3 is 5.11 Å². The molecule has 0 aliphatic rings. The molecule has 3 amide bonds. The second-order valence-electron chi connectivity index (χ2n) is 1.29. The first-order valence-corrected chi connectivity index (χ1v) is 2.06. The molecule has 0 saturated carbocycles. The Kier molecular flexibility index (Phi) is 2.46. The molecule has 52 valence electrons. The number of hydrazine groups is 1. The third-order valence-electron chi connectivity index (χ3n) is 0.715. The zero-order valence-corrected chi connectivity index (χ0v) is 4.79. The molecular formula is C3H7N3O3. The number of carbonyl (C=O) groups is 2. The number of nitrogens with zero attached hydrogens (tertiary/aromatic N) is 1. The number of amides is 3. The lowest BCUT2D eigenvalue weighted by molar-refractivity contribution is 0.156. The van der Waals surface area contributed by atoms with Crippen molar-refractivity contribution < 1.29 is 14.7 Å². The first-order valence-electron chi connectivity index (χ1n) is 2.06. The van der Waals surface area contributed by atoms with Gasteiger partial charge in [-0.15, -0.1) is 0 Å². The van der Waals surface area contributed by atoms with Crippen LogP contribution in [0.5, 0.6) is 0 Å². The molecule has 6 heteroatoms. The normalized spacial score (nSPS) is 8.22. The number of hydrogen-bond donors (Lipinski definition) is 3. The number of nitrogens with two attached hydrogens (primary N) is 1. The van der Waals surface area contributed by atoms with Crippen LogP contribution in [0.1, 0.15) is 0 Å². The van der Waals surface area contributed by atoms with E-state index in [9.17, 15) is 9.59 Å². The fourth-order valence-corrected chi connectivity index (χ4v) is 0.184. The molecule has 0 heterocycles. The summed E-state index contributed by atoms with van der Waals surface area (Å²) in [6.45, 7) is 0.